The predicted molar refractivity (Wildman–Crippen MR) is 79.5 cm³/mol. The molecule has 1 atom stereocenters. The fraction of sp³-hybridized carbons (Fsp3) is 0.467. The lowest BCUT2D eigenvalue weighted by Crippen LogP contribution is -2.42. The maximum absolute atomic E-state index is 12.5. The molecule has 1 aromatic rings. The molecule has 0 aromatic heterocycles. The molecule has 1 heterocycles. The maximum Gasteiger partial charge on any atom is 0.310 e. The van der Waals surface area contributed by atoms with E-state index in [1.807, 2.05) is 25.1 Å². The van der Waals surface area contributed by atoms with Gasteiger partial charge in [0.2, 0.25) is 0 Å². The fourth-order valence-electron chi connectivity index (χ4n) is 2.48. The van der Waals surface area contributed by atoms with Crippen LogP contribution in [0.2, 0.25) is 0 Å². The maximum atomic E-state index is 12.5. The van der Waals surface area contributed by atoms with Gasteiger partial charge in [0.25, 0.3) is 5.91 Å². The topological polar surface area (TPSA) is 46.6 Å². The first-order valence-corrected chi connectivity index (χ1v) is 7.45. The van der Waals surface area contributed by atoms with Gasteiger partial charge in [-0.05, 0) is 53.4 Å². The first kappa shape index (κ1) is 15.0. The summed E-state index contributed by atoms with van der Waals surface area (Å²) in [4.78, 5) is 25.9. The number of amides is 1. The van der Waals surface area contributed by atoms with E-state index in [0.717, 1.165) is 22.9 Å². The molecule has 0 bridgehead atoms. The van der Waals surface area contributed by atoms with Crippen molar-refractivity contribution in [3.63, 3.8) is 0 Å². The van der Waals surface area contributed by atoms with Gasteiger partial charge >= 0.3 is 5.97 Å². The van der Waals surface area contributed by atoms with E-state index in [-0.39, 0.29) is 17.8 Å². The van der Waals surface area contributed by atoms with Gasteiger partial charge in [-0.15, -0.1) is 0 Å². The molecule has 0 radical (unpaired) electrons. The van der Waals surface area contributed by atoms with E-state index in [9.17, 15) is 9.59 Å². The van der Waals surface area contributed by atoms with Crippen LogP contribution in [-0.2, 0) is 9.53 Å². The summed E-state index contributed by atoms with van der Waals surface area (Å²) in [6.45, 7) is 3.10. The van der Waals surface area contributed by atoms with Crippen LogP contribution in [0, 0.1) is 12.8 Å². The Morgan fingerprint density at radius 2 is 2.15 bits per heavy atom. The van der Waals surface area contributed by atoms with Crippen molar-refractivity contribution >= 4 is 27.8 Å². The molecule has 0 saturated carbocycles. The molecule has 0 unspecified atom stereocenters. The number of rotatable bonds is 2. The molecule has 5 heteroatoms. The Balaban J connectivity index is 2.14. The highest BCUT2D eigenvalue weighted by Crippen LogP contribution is 2.24. The van der Waals surface area contributed by atoms with Crippen LogP contribution in [0.3, 0.4) is 0 Å². The predicted octanol–water partition coefficient (Wildman–Crippen LogP) is 2.78. The van der Waals surface area contributed by atoms with Crippen molar-refractivity contribution in [2.75, 3.05) is 20.2 Å². The molecular formula is C15H18BrNO3. The second kappa shape index (κ2) is 6.39. The zero-order chi connectivity index (χ0) is 14.7. The summed E-state index contributed by atoms with van der Waals surface area (Å²) in [7, 11) is 1.39. The Hall–Kier alpha value is -1.36. The molecular weight excluding hydrogens is 322 g/mol. The number of hydrogen-bond donors (Lipinski definition) is 0. The molecule has 4 nitrogen and oxygen atoms in total. The number of benzene rings is 1. The highest BCUT2D eigenvalue weighted by Gasteiger charge is 2.30. The van der Waals surface area contributed by atoms with E-state index in [0.29, 0.717) is 18.7 Å². The Labute approximate surface area is 127 Å². The lowest BCUT2D eigenvalue weighted by atomic mass is 9.97. The fourth-order valence-corrected chi connectivity index (χ4v) is 3.15. The second-order valence-electron chi connectivity index (χ2n) is 5.10. The Morgan fingerprint density at radius 1 is 1.40 bits per heavy atom. The molecule has 2 rings (SSSR count). The standard InChI is InChI=1S/C15H18BrNO3/c1-10-5-6-12(13(16)8-10)14(18)17-7-3-4-11(9-17)15(19)20-2/h5-6,8,11H,3-4,7,9H2,1-2H3/t11-/m0/s1. The third-order valence-corrected chi connectivity index (χ3v) is 4.25. The van der Waals surface area contributed by atoms with Crippen molar-refractivity contribution < 1.29 is 14.3 Å². The Bertz CT molecular complexity index is 530. The van der Waals surface area contributed by atoms with Crippen LogP contribution < -0.4 is 0 Å². The van der Waals surface area contributed by atoms with E-state index in [1.54, 1.807) is 4.90 Å². The SMILES string of the molecule is COC(=O)[C@H]1CCCN(C(=O)c2ccc(C)cc2Br)C1. The zero-order valence-electron chi connectivity index (χ0n) is 11.7. The molecule has 1 aromatic carbocycles. The third-order valence-electron chi connectivity index (χ3n) is 3.60. The summed E-state index contributed by atoms with van der Waals surface area (Å²) in [5.41, 5.74) is 1.74. The quantitative estimate of drug-likeness (QED) is 0.778. The van der Waals surface area contributed by atoms with E-state index < -0.39 is 0 Å². The van der Waals surface area contributed by atoms with Crippen LogP contribution in [-0.4, -0.2) is 37.0 Å². The number of ether oxygens (including phenoxy) is 1. The molecule has 1 amide bonds. The molecule has 0 spiro atoms. The van der Waals surface area contributed by atoms with Crippen molar-refractivity contribution in [2.24, 2.45) is 5.92 Å². The summed E-state index contributed by atoms with van der Waals surface area (Å²) >= 11 is 3.43. The molecule has 0 N–H and O–H groups in total. The van der Waals surface area contributed by atoms with Gasteiger partial charge < -0.3 is 9.64 Å². The molecule has 20 heavy (non-hydrogen) atoms. The van der Waals surface area contributed by atoms with Gasteiger partial charge in [-0.3, -0.25) is 9.59 Å². The third kappa shape index (κ3) is 3.20. The minimum atomic E-state index is -0.231. The molecule has 1 fully saturated rings. The summed E-state index contributed by atoms with van der Waals surface area (Å²) in [6.07, 6.45) is 1.61. The van der Waals surface area contributed by atoms with Gasteiger partial charge in [-0.2, -0.15) is 0 Å². The number of esters is 1. The number of carbonyl (C=O) groups excluding carboxylic acids is 2. The number of hydrogen-bond acceptors (Lipinski definition) is 3. The van der Waals surface area contributed by atoms with Crippen LogP contribution in [0.1, 0.15) is 28.8 Å². The zero-order valence-corrected chi connectivity index (χ0v) is 13.3. The Kier molecular flexibility index (Phi) is 4.81. The van der Waals surface area contributed by atoms with Crippen molar-refractivity contribution in [1.29, 1.82) is 0 Å². The lowest BCUT2D eigenvalue weighted by molar-refractivity contribution is -0.146. The molecule has 1 aliphatic heterocycles. The summed E-state index contributed by atoms with van der Waals surface area (Å²) in [6, 6.07) is 5.66. The van der Waals surface area contributed by atoms with Crippen molar-refractivity contribution in [1.82, 2.24) is 4.90 Å². The first-order chi connectivity index (χ1) is 9.52. The van der Waals surface area contributed by atoms with Gasteiger partial charge in [0.05, 0.1) is 18.6 Å². The second-order valence-corrected chi connectivity index (χ2v) is 5.95. The number of aryl methyl sites for hydroxylation is 1. The summed E-state index contributed by atoms with van der Waals surface area (Å²) in [5.74, 6) is -0.474. The number of piperidine rings is 1. The van der Waals surface area contributed by atoms with Gasteiger partial charge in [0.1, 0.15) is 0 Å². The van der Waals surface area contributed by atoms with E-state index in [1.165, 1.54) is 7.11 Å². The summed E-state index contributed by atoms with van der Waals surface area (Å²) < 4.78 is 5.57. The first-order valence-electron chi connectivity index (χ1n) is 6.66. The average molecular weight is 340 g/mol. The normalized spacial score (nSPS) is 18.8. The van der Waals surface area contributed by atoms with E-state index >= 15 is 0 Å². The minimum Gasteiger partial charge on any atom is -0.469 e. The molecule has 1 saturated heterocycles. The van der Waals surface area contributed by atoms with Gasteiger partial charge in [0.15, 0.2) is 0 Å². The number of likely N-dealkylation sites (tertiary alicyclic amines) is 1. The highest BCUT2D eigenvalue weighted by atomic mass is 79.9. The van der Waals surface area contributed by atoms with Crippen LogP contribution in [0.4, 0.5) is 0 Å². The van der Waals surface area contributed by atoms with Crippen molar-refractivity contribution in [3.05, 3.63) is 33.8 Å². The summed E-state index contributed by atoms with van der Waals surface area (Å²) in [5, 5.41) is 0. The Morgan fingerprint density at radius 3 is 2.80 bits per heavy atom. The van der Waals surface area contributed by atoms with Crippen LogP contribution in [0.25, 0.3) is 0 Å². The largest absolute Gasteiger partial charge is 0.469 e. The van der Waals surface area contributed by atoms with Gasteiger partial charge in [-0.25, -0.2) is 0 Å². The monoisotopic (exact) mass is 339 g/mol. The van der Waals surface area contributed by atoms with Crippen LogP contribution in [0.5, 0.6) is 0 Å². The minimum absolute atomic E-state index is 0.0366. The number of methoxy groups -OCH3 is 1. The number of nitrogens with zero attached hydrogens (tertiary/aromatic N) is 1. The smallest absolute Gasteiger partial charge is 0.310 e. The molecule has 108 valence electrons. The highest BCUT2D eigenvalue weighted by molar-refractivity contribution is 9.10. The molecule has 1 aliphatic rings. The average Bonchev–Trinajstić information content (AvgIpc) is 2.46. The van der Waals surface area contributed by atoms with Crippen LogP contribution in [0.15, 0.2) is 22.7 Å². The number of carbonyl (C=O) groups is 2. The number of halogens is 1. The van der Waals surface area contributed by atoms with Gasteiger partial charge in [0, 0.05) is 17.6 Å². The van der Waals surface area contributed by atoms with Crippen LogP contribution >= 0.6 is 15.9 Å². The molecule has 0 aliphatic carbocycles. The van der Waals surface area contributed by atoms with Gasteiger partial charge in [-0.1, -0.05) is 6.07 Å². The van der Waals surface area contributed by atoms with E-state index in [2.05, 4.69) is 15.9 Å². The van der Waals surface area contributed by atoms with Crippen molar-refractivity contribution in [2.45, 2.75) is 19.8 Å². The van der Waals surface area contributed by atoms with Crippen molar-refractivity contribution in [3.8, 4) is 0 Å². The van der Waals surface area contributed by atoms with E-state index in [4.69, 9.17) is 4.74 Å². The lowest BCUT2D eigenvalue weighted by Gasteiger charge is -2.31.